The van der Waals surface area contributed by atoms with Crippen molar-refractivity contribution in [3.05, 3.63) is 24.4 Å². The van der Waals surface area contributed by atoms with Gasteiger partial charge in [-0.05, 0) is 13.8 Å². The maximum Gasteiger partial charge on any atom is 0.0385 e. The number of likely N-dealkylation sites (N-methyl/N-ethyl adjacent to an activating group) is 1. The molecule has 0 amide bonds. The zero-order valence-electron chi connectivity index (χ0n) is 7.96. The SMILES string of the molecule is C=CN(C)N(C)CC(C)=CC. The average molecular weight is 154 g/mol. The first-order valence-electron chi connectivity index (χ1n) is 3.80. The standard InChI is InChI=1S/C9H18N2/c1-6-9(3)8-11(5)10(4)7-2/h6-7H,2,8H2,1,3-5H3. The molecule has 0 aromatic heterocycles. The van der Waals surface area contributed by atoms with E-state index < -0.39 is 0 Å². The predicted molar refractivity (Wildman–Crippen MR) is 50.0 cm³/mol. The first-order chi connectivity index (χ1) is 5.11. The van der Waals surface area contributed by atoms with E-state index in [1.54, 1.807) is 6.20 Å². The Bertz CT molecular complexity index is 150. The minimum Gasteiger partial charge on any atom is -0.317 e. The molecule has 11 heavy (non-hydrogen) atoms. The van der Waals surface area contributed by atoms with Gasteiger partial charge in [-0.1, -0.05) is 18.2 Å². The van der Waals surface area contributed by atoms with Crippen molar-refractivity contribution in [3.8, 4) is 0 Å². The molecule has 64 valence electrons. The zero-order valence-corrected chi connectivity index (χ0v) is 7.96. The molecule has 0 aliphatic heterocycles. The molecule has 0 aliphatic rings. The summed E-state index contributed by atoms with van der Waals surface area (Å²) in [6.45, 7) is 8.81. The first-order valence-corrected chi connectivity index (χ1v) is 3.80. The largest absolute Gasteiger partial charge is 0.317 e. The molecule has 0 aromatic carbocycles. The molecule has 2 heteroatoms. The third kappa shape index (κ3) is 3.83. The summed E-state index contributed by atoms with van der Waals surface area (Å²) in [4.78, 5) is 0. The molecule has 0 spiro atoms. The van der Waals surface area contributed by atoms with E-state index in [1.807, 2.05) is 19.1 Å². The minimum absolute atomic E-state index is 0.957. The molecular weight excluding hydrogens is 136 g/mol. The van der Waals surface area contributed by atoms with Crippen LogP contribution in [-0.2, 0) is 0 Å². The van der Waals surface area contributed by atoms with Crippen LogP contribution in [0.25, 0.3) is 0 Å². The van der Waals surface area contributed by atoms with Crippen molar-refractivity contribution in [3.63, 3.8) is 0 Å². The van der Waals surface area contributed by atoms with E-state index in [2.05, 4.69) is 31.5 Å². The van der Waals surface area contributed by atoms with Crippen molar-refractivity contribution in [2.75, 3.05) is 20.6 Å². The Morgan fingerprint density at radius 1 is 1.45 bits per heavy atom. The number of hydrogen-bond donors (Lipinski definition) is 0. The minimum atomic E-state index is 0.957. The monoisotopic (exact) mass is 154 g/mol. The van der Waals surface area contributed by atoms with Gasteiger partial charge >= 0.3 is 0 Å². The van der Waals surface area contributed by atoms with E-state index in [4.69, 9.17) is 0 Å². The molecule has 0 unspecified atom stereocenters. The van der Waals surface area contributed by atoms with Crippen LogP contribution in [0, 0.1) is 0 Å². The quantitative estimate of drug-likeness (QED) is 0.450. The third-order valence-electron chi connectivity index (χ3n) is 1.77. The molecule has 0 saturated heterocycles. The molecule has 2 nitrogen and oxygen atoms in total. The molecule has 0 aromatic rings. The van der Waals surface area contributed by atoms with E-state index in [9.17, 15) is 0 Å². The number of rotatable bonds is 4. The van der Waals surface area contributed by atoms with Crippen molar-refractivity contribution in [1.29, 1.82) is 0 Å². The van der Waals surface area contributed by atoms with Crippen molar-refractivity contribution in [1.82, 2.24) is 10.0 Å². The highest BCUT2D eigenvalue weighted by molar-refractivity contribution is 4.97. The summed E-state index contributed by atoms with van der Waals surface area (Å²) < 4.78 is 0. The van der Waals surface area contributed by atoms with Gasteiger partial charge in [-0.3, -0.25) is 0 Å². The van der Waals surface area contributed by atoms with Gasteiger partial charge in [0.1, 0.15) is 0 Å². The summed E-state index contributed by atoms with van der Waals surface area (Å²) in [5.74, 6) is 0. The fourth-order valence-electron chi connectivity index (χ4n) is 0.703. The van der Waals surface area contributed by atoms with E-state index in [1.165, 1.54) is 5.57 Å². The molecule has 0 rings (SSSR count). The smallest absolute Gasteiger partial charge is 0.0385 e. The summed E-state index contributed by atoms with van der Waals surface area (Å²) in [7, 11) is 4.02. The lowest BCUT2D eigenvalue weighted by molar-refractivity contribution is 0.0929. The van der Waals surface area contributed by atoms with Gasteiger partial charge in [-0.25, -0.2) is 5.01 Å². The van der Waals surface area contributed by atoms with Gasteiger partial charge in [0.25, 0.3) is 0 Å². The second kappa shape index (κ2) is 4.97. The van der Waals surface area contributed by atoms with Crippen LogP contribution in [0.4, 0.5) is 0 Å². The van der Waals surface area contributed by atoms with Crippen molar-refractivity contribution in [2.24, 2.45) is 0 Å². The Kier molecular flexibility index (Phi) is 4.62. The van der Waals surface area contributed by atoms with Gasteiger partial charge < -0.3 is 5.01 Å². The Morgan fingerprint density at radius 2 is 2.00 bits per heavy atom. The molecule has 0 N–H and O–H groups in total. The van der Waals surface area contributed by atoms with Crippen molar-refractivity contribution >= 4 is 0 Å². The Hall–Kier alpha value is -0.760. The molecule has 0 radical (unpaired) electrons. The normalized spacial score (nSPS) is 11.9. The van der Waals surface area contributed by atoms with E-state index >= 15 is 0 Å². The maximum atomic E-state index is 3.68. The van der Waals surface area contributed by atoms with Crippen molar-refractivity contribution < 1.29 is 0 Å². The number of nitrogens with zero attached hydrogens (tertiary/aromatic N) is 2. The van der Waals surface area contributed by atoms with Crippen LogP contribution in [0.5, 0.6) is 0 Å². The lowest BCUT2D eigenvalue weighted by atomic mass is 10.3. The zero-order chi connectivity index (χ0) is 8.85. The molecule has 0 heterocycles. The van der Waals surface area contributed by atoms with E-state index in [0.717, 1.165) is 6.54 Å². The summed E-state index contributed by atoms with van der Waals surface area (Å²) in [5, 5.41) is 4.06. The highest BCUT2D eigenvalue weighted by Gasteiger charge is 1.99. The lowest BCUT2D eigenvalue weighted by Gasteiger charge is -2.26. The van der Waals surface area contributed by atoms with Gasteiger partial charge in [0.05, 0.1) is 0 Å². The third-order valence-corrected chi connectivity index (χ3v) is 1.77. The summed E-state index contributed by atoms with van der Waals surface area (Å²) >= 11 is 0. The average Bonchev–Trinajstić information content (AvgIpc) is 2.02. The summed E-state index contributed by atoms with van der Waals surface area (Å²) in [6, 6.07) is 0. The number of allylic oxidation sites excluding steroid dienone is 1. The van der Waals surface area contributed by atoms with Crippen LogP contribution < -0.4 is 0 Å². The molecule has 0 atom stereocenters. The summed E-state index contributed by atoms with van der Waals surface area (Å²) in [5.41, 5.74) is 1.36. The maximum absolute atomic E-state index is 3.68. The van der Waals surface area contributed by atoms with Crippen LogP contribution in [0.15, 0.2) is 24.4 Å². The molecule has 0 aliphatic carbocycles. The van der Waals surface area contributed by atoms with Crippen LogP contribution >= 0.6 is 0 Å². The molecule has 0 bridgehead atoms. The van der Waals surface area contributed by atoms with Crippen LogP contribution in [-0.4, -0.2) is 30.7 Å². The lowest BCUT2D eigenvalue weighted by Crippen LogP contribution is -2.33. The second-order valence-electron chi connectivity index (χ2n) is 2.71. The fraction of sp³-hybridized carbons (Fsp3) is 0.556. The van der Waals surface area contributed by atoms with Crippen LogP contribution in [0.1, 0.15) is 13.8 Å². The molecular formula is C9H18N2. The van der Waals surface area contributed by atoms with E-state index in [0.29, 0.717) is 0 Å². The highest BCUT2D eigenvalue weighted by Crippen LogP contribution is 1.97. The summed E-state index contributed by atoms with van der Waals surface area (Å²) in [6.07, 6.45) is 3.91. The highest BCUT2D eigenvalue weighted by atomic mass is 15.6. The van der Waals surface area contributed by atoms with Crippen LogP contribution in [0.2, 0.25) is 0 Å². The fourth-order valence-corrected chi connectivity index (χ4v) is 0.703. The predicted octanol–water partition coefficient (Wildman–Crippen LogP) is 1.87. The van der Waals surface area contributed by atoms with Gasteiger partial charge in [0, 0.05) is 26.8 Å². The Balaban J connectivity index is 3.86. The van der Waals surface area contributed by atoms with Crippen molar-refractivity contribution in [2.45, 2.75) is 13.8 Å². The van der Waals surface area contributed by atoms with Gasteiger partial charge in [-0.15, -0.1) is 0 Å². The number of hydrazine groups is 1. The van der Waals surface area contributed by atoms with Gasteiger partial charge in [0.15, 0.2) is 0 Å². The Morgan fingerprint density at radius 3 is 2.36 bits per heavy atom. The van der Waals surface area contributed by atoms with E-state index in [-0.39, 0.29) is 0 Å². The second-order valence-corrected chi connectivity index (χ2v) is 2.71. The number of hydrogen-bond acceptors (Lipinski definition) is 2. The van der Waals surface area contributed by atoms with Gasteiger partial charge in [-0.2, -0.15) is 0 Å². The van der Waals surface area contributed by atoms with Crippen LogP contribution in [0.3, 0.4) is 0 Å². The molecule has 0 fully saturated rings. The molecule has 0 saturated carbocycles. The first kappa shape index (κ1) is 10.2. The Labute approximate surface area is 69.8 Å². The van der Waals surface area contributed by atoms with Gasteiger partial charge in [0.2, 0.25) is 0 Å². The topological polar surface area (TPSA) is 6.48 Å².